The number of halogens is 15. The van der Waals surface area contributed by atoms with Crippen LogP contribution in [0.1, 0.15) is 0 Å². The van der Waals surface area contributed by atoms with Crippen LogP contribution in [-0.4, -0.2) is 15.3 Å². The maximum absolute atomic E-state index is 12.2. The Balaban J connectivity index is 0.000000270. The average molecular weight is 552 g/mol. The van der Waals surface area contributed by atoms with Crippen LogP contribution in [0.2, 0.25) is 0 Å². The highest BCUT2D eigenvalue weighted by molar-refractivity contribution is 5.29. The van der Waals surface area contributed by atoms with Crippen LogP contribution in [0.25, 0.3) is 0 Å². The summed E-state index contributed by atoms with van der Waals surface area (Å²) in [5.74, 6) is -38.8. The first-order chi connectivity index (χ1) is 16.4. The third-order valence-electron chi connectivity index (χ3n) is 3.56. The Bertz CT molecular complexity index is 851. The molecule has 0 aliphatic heterocycles. The van der Waals surface area contributed by atoms with Crippen molar-refractivity contribution in [2.75, 3.05) is 0 Å². The fourth-order valence-corrected chi connectivity index (χ4v) is 1.78. The Morgan fingerprint density at radius 1 is 0.194 bits per heavy atom. The van der Waals surface area contributed by atoms with Gasteiger partial charge in [-0.1, -0.05) is 0 Å². The molecule has 3 aromatic rings. The third kappa shape index (κ3) is 5.46. The number of phenols is 3. The van der Waals surface area contributed by atoms with Gasteiger partial charge in [0.25, 0.3) is 0 Å². The molecule has 3 N–H and O–H groups in total. The van der Waals surface area contributed by atoms with E-state index in [1.807, 2.05) is 0 Å². The van der Waals surface area contributed by atoms with E-state index in [-0.39, 0.29) is 0 Å². The van der Waals surface area contributed by atoms with Crippen LogP contribution in [0.3, 0.4) is 0 Å². The van der Waals surface area contributed by atoms with E-state index in [2.05, 4.69) is 0 Å². The molecular weight excluding hydrogens is 549 g/mol. The predicted molar refractivity (Wildman–Crippen MR) is 83.7 cm³/mol. The Kier molecular flexibility index (Phi) is 9.32. The molecule has 3 aromatic carbocycles. The second kappa shape index (κ2) is 11.2. The monoisotopic (exact) mass is 552 g/mol. The van der Waals surface area contributed by atoms with Crippen molar-refractivity contribution >= 4 is 0 Å². The summed E-state index contributed by atoms with van der Waals surface area (Å²) in [6.07, 6.45) is 0. The molecule has 0 radical (unpaired) electrons. The minimum atomic E-state index is -2.29. The van der Waals surface area contributed by atoms with E-state index in [1.54, 1.807) is 0 Å². The lowest BCUT2D eigenvalue weighted by Crippen LogP contribution is -2.00. The minimum Gasteiger partial charge on any atom is -0.503 e. The van der Waals surface area contributed by atoms with E-state index in [9.17, 15) is 65.9 Å². The lowest BCUT2D eigenvalue weighted by Gasteiger charge is -2.00. The summed E-state index contributed by atoms with van der Waals surface area (Å²) in [6, 6.07) is 0. The van der Waals surface area contributed by atoms with E-state index in [4.69, 9.17) is 15.3 Å². The molecule has 198 valence electrons. The molecule has 0 saturated heterocycles. The van der Waals surface area contributed by atoms with Crippen molar-refractivity contribution in [3.05, 3.63) is 87.3 Å². The number of benzene rings is 3. The summed E-state index contributed by atoms with van der Waals surface area (Å²) in [5, 5.41) is 24.9. The van der Waals surface area contributed by atoms with Crippen LogP contribution in [0.5, 0.6) is 17.2 Å². The summed E-state index contributed by atoms with van der Waals surface area (Å²) in [5.41, 5.74) is 0. The molecule has 0 fully saturated rings. The molecule has 0 spiro atoms. The Labute approximate surface area is 186 Å². The average Bonchev–Trinajstić information content (AvgIpc) is 2.87. The van der Waals surface area contributed by atoms with Gasteiger partial charge in [-0.15, -0.1) is 0 Å². The quantitative estimate of drug-likeness (QED) is 0.175. The molecule has 0 aromatic heterocycles. The van der Waals surface area contributed by atoms with Gasteiger partial charge in [-0.05, 0) is 0 Å². The maximum Gasteiger partial charge on any atom is 0.206 e. The van der Waals surface area contributed by atoms with Gasteiger partial charge in [-0.3, -0.25) is 0 Å². The Morgan fingerprint density at radius 2 is 0.278 bits per heavy atom. The zero-order valence-corrected chi connectivity index (χ0v) is 16.0. The molecule has 18 heteroatoms. The van der Waals surface area contributed by atoms with Gasteiger partial charge in [0.05, 0.1) is 0 Å². The first kappa shape index (κ1) is 30.0. The van der Waals surface area contributed by atoms with Crippen LogP contribution < -0.4 is 0 Å². The maximum atomic E-state index is 12.2. The van der Waals surface area contributed by atoms with Gasteiger partial charge >= 0.3 is 0 Å². The number of aromatic hydroxyl groups is 3. The zero-order chi connectivity index (χ0) is 28.4. The highest BCUT2D eigenvalue weighted by Crippen LogP contribution is 2.29. The van der Waals surface area contributed by atoms with Crippen LogP contribution in [0.15, 0.2) is 0 Å². The van der Waals surface area contributed by atoms with E-state index in [0.29, 0.717) is 0 Å². The number of phenolic OH excluding ortho intramolecular Hbond substituents is 3. The zero-order valence-electron chi connectivity index (χ0n) is 16.0. The van der Waals surface area contributed by atoms with Gasteiger partial charge in [0, 0.05) is 0 Å². The third-order valence-corrected chi connectivity index (χ3v) is 3.56. The second-order valence-corrected chi connectivity index (χ2v) is 5.76. The smallest absolute Gasteiger partial charge is 0.206 e. The topological polar surface area (TPSA) is 60.7 Å². The molecule has 0 aliphatic rings. The summed E-state index contributed by atoms with van der Waals surface area (Å²) < 4.78 is 182. The van der Waals surface area contributed by atoms with E-state index in [1.165, 1.54) is 0 Å². The number of hydrogen-bond acceptors (Lipinski definition) is 3. The van der Waals surface area contributed by atoms with Crippen molar-refractivity contribution in [2.45, 2.75) is 0 Å². The Hall–Kier alpha value is -3.99. The van der Waals surface area contributed by atoms with Crippen molar-refractivity contribution < 1.29 is 81.2 Å². The highest BCUT2D eigenvalue weighted by atomic mass is 19.2. The second-order valence-electron chi connectivity index (χ2n) is 5.76. The van der Waals surface area contributed by atoms with Crippen molar-refractivity contribution in [3.8, 4) is 17.2 Å². The fraction of sp³-hybridized carbons (Fsp3) is 0. The minimum absolute atomic E-state index is 1.87. The van der Waals surface area contributed by atoms with Crippen LogP contribution in [-0.2, 0) is 0 Å². The van der Waals surface area contributed by atoms with Crippen LogP contribution in [0.4, 0.5) is 65.9 Å². The summed E-state index contributed by atoms with van der Waals surface area (Å²) in [4.78, 5) is 0. The van der Waals surface area contributed by atoms with Gasteiger partial charge < -0.3 is 15.3 Å². The predicted octanol–water partition coefficient (Wildman–Crippen LogP) is 6.26. The normalized spacial score (nSPS) is 10.4. The standard InChI is InChI=1S/3C6HF5O/c3*7-1-2(8)4(10)6(12)5(11)3(1)9/h3*12H. The lowest BCUT2D eigenvalue weighted by molar-refractivity contribution is 0.325. The largest absolute Gasteiger partial charge is 0.503 e. The molecule has 3 nitrogen and oxygen atoms in total. The van der Waals surface area contributed by atoms with Gasteiger partial charge in [0.2, 0.25) is 87.3 Å². The van der Waals surface area contributed by atoms with Gasteiger partial charge in [0.1, 0.15) is 0 Å². The molecule has 3 rings (SSSR count). The molecule has 0 unspecified atom stereocenters. The first-order valence-corrected chi connectivity index (χ1v) is 8.01. The fourth-order valence-electron chi connectivity index (χ4n) is 1.78. The molecule has 0 saturated carbocycles. The molecule has 0 bridgehead atoms. The van der Waals surface area contributed by atoms with E-state index >= 15 is 0 Å². The summed E-state index contributed by atoms with van der Waals surface area (Å²) in [7, 11) is 0. The molecule has 0 heterocycles. The molecule has 0 atom stereocenters. The SMILES string of the molecule is Oc1c(F)c(F)c(F)c(F)c1F.Oc1c(F)c(F)c(F)c(F)c1F.Oc1c(F)c(F)c(F)c(F)c1F. The van der Waals surface area contributed by atoms with Crippen molar-refractivity contribution in [1.29, 1.82) is 0 Å². The number of hydrogen-bond donors (Lipinski definition) is 3. The van der Waals surface area contributed by atoms with Crippen molar-refractivity contribution in [2.24, 2.45) is 0 Å². The number of rotatable bonds is 0. The molecule has 0 amide bonds. The summed E-state index contributed by atoms with van der Waals surface area (Å²) in [6.45, 7) is 0. The van der Waals surface area contributed by atoms with Crippen LogP contribution in [0, 0.1) is 87.3 Å². The van der Waals surface area contributed by atoms with E-state index < -0.39 is 105 Å². The Morgan fingerprint density at radius 3 is 0.389 bits per heavy atom. The summed E-state index contributed by atoms with van der Waals surface area (Å²) >= 11 is 0. The van der Waals surface area contributed by atoms with E-state index in [0.717, 1.165) is 0 Å². The highest BCUT2D eigenvalue weighted by Gasteiger charge is 2.26. The van der Waals surface area contributed by atoms with Crippen molar-refractivity contribution in [3.63, 3.8) is 0 Å². The van der Waals surface area contributed by atoms with Crippen LogP contribution >= 0.6 is 0 Å². The van der Waals surface area contributed by atoms with Gasteiger partial charge in [-0.25, -0.2) is 39.5 Å². The van der Waals surface area contributed by atoms with Crippen molar-refractivity contribution in [1.82, 2.24) is 0 Å². The lowest BCUT2D eigenvalue weighted by atomic mass is 10.3. The first-order valence-electron chi connectivity index (χ1n) is 8.01. The molecule has 0 aliphatic carbocycles. The van der Waals surface area contributed by atoms with Gasteiger partial charge in [0.15, 0.2) is 17.2 Å². The van der Waals surface area contributed by atoms with Gasteiger partial charge in [-0.2, -0.15) is 26.3 Å². The molecular formula is C18H3F15O3. The molecule has 36 heavy (non-hydrogen) atoms.